The van der Waals surface area contributed by atoms with E-state index in [1.54, 1.807) is 6.07 Å². The summed E-state index contributed by atoms with van der Waals surface area (Å²) < 4.78 is 13.8. The minimum atomic E-state index is -0.330. The molecule has 0 radical (unpaired) electrons. The number of halogens is 2. The normalized spacial score (nSPS) is 15.9. The molecule has 2 N–H and O–H groups in total. The fraction of sp³-hybridized carbons (Fsp3) is 0.300. The Morgan fingerprint density at radius 3 is 2.73 bits per heavy atom. The summed E-state index contributed by atoms with van der Waals surface area (Å²) in [7, 11) is 0. The number of hydrogen-bond donors (Lipinski definition) is 2. The summed E-state index contributed by atoms with van der Waals surface area (Å²) in [6.07, 6.45) is 0. The maximum absolute atomic E-state index is 13.0. The molecular formula is C10H10FIN2O. The molecule has 0 unspecified atom stereocenters. The van der Waals surface area contributed by atoms with Crippen molar-refractivity contribution in [2.75, 3.05) is 18.4 Å². The maximum Gasteiger partial charge on any atom is 0.230 e. The number of carbonyl (C=O) groups excluding carboxylic acids is 1. The average Bonchev–Trinajstić information content (AvgIpc) is 1.96. The minimum absolute atomic E-state index is 0.0194. The number of anilines is 1. The van der Waals surface area contributed by atoms with Gasteiger partial charge < -0.3 is 10.6 Å². The van der Waals surface area contributed by atoms with E-state index in [1.807, 2.05) is 22.6 Å². The third-order valence-corrected chi connectivity index (χ3v) is 2.91. The first-order chi connectivity index (χ1) is 7.15. The molecule has 0 saturated carbocycles. The van der Waals surface area contributed by atoms with Crippen LogP contribution in [0.2, 0.25) is 0 Å². The average molecular weight is 320 g/mol. The summed E-state index contributed by atoms with van der Waals surface area (Å²) in [6, 6.07) is 4.49. The SMILES string of the molecule is O=C(Nc1cc(F)cc(I)c1)C1CNC1. The molecular weight excluding hydrogens is 310 g/mol. The molecule has 1 aromatic carbocycles. The summed E-state index contributed by atoms with van der Waals surface area (Å²) in [5.74, 6) is -0.356. The second kappa shape index (κ2) is 4.44. The first-order valence-electron chi connectivity index (χ1n) is 4.63. The van der Waals surface area contributed by atoms with E-state index in [9.17, 15) is 9.18 Å². The molecule has 1 fully saturated rings. The molecule has 1 aliphatic rings. The Hall–Kier alpha value is -0.690. The Morgan fingerprint density at radius 1 is 1.47 bits per heavy atom. The highest BCUT2D eigenvalue weighted by molar-refractivity contribution is 14.1. The van der Waals surface area contributed by atoms with Crippen LogP contribution in [0.15, 0.2) is 18.2 Å². The van der Waals surface area contributed by atoms with Crippen molar-refractivity contribution in [1.82, 2.24) is 5.32 Å². The number of amides is 1. The van der Waals surface area contributed by atoms with Crippen LogP contribution in [0, 0.1) is 15.3 Å². The van der Waals surface area contributed by atoms with Gasteiger partial charge in [0, 0.05) is 22.3 Å². The van der Waals surface area contributed by atoms with Crippen molar-refractivity contribution in [2.45, 2.75) is 0 Å². The number of nitrogens with one attached hydrogen (secondary N) is 2. The second-order valence-electron chi connectivity index (χ2n) is 3.50. The van der Waals surface area contributed by atoms with Crippen LogP contribution in [-0.4, -0.2) is 19.0 Å². The molecule has 1 amide bonds. The van der Waals surface area contributed by atoms with Gasteiger partial charge in [-0.25, -0.2) is 4.39 Å². The molecule has 0 bridgehead atoms. The van der Waals surface area contributed by atoms with Gasteiger partial charge in [-0.15, -0.1) is 0 Å². The van der Waals surface area contributed by atoms with Crippen molar-refractivity contribution < 1.29 is 9.18 Å². The minimum Gasteiger partial charge on any atom is -0.326 e. The third kappa shape index (κ3) is 2.66. The molecule has 80 valence electrons. The largest absolute Gasteiger partial charge is 0.326 e. The lowest BCUT2D eigenvalue weighted by atomic mass is 10.0. The highest BCUT2D eigenvalue weighted by Crippen LogP contribution is 2.17. The lowest BCUT2D eigenvalue weighted by molar-refractivity contribution is -0.121. The van der Waals surface area contributed by atoms with Gasteiger partial charge in [0.1, 0.15) is 5.82 Å². The summed E-state index contributed by atoms with van der Waals surface area (Å²) in [4.78, 5) is 11.5. The smallest absolute Gasteiger partial charge is 0.230 e. The zero-order chi connectivity index (χ0) is 10.8. The topological polar surface area (TPSA) is 41.1 Å². The lowest BCUT2D eigenvalue weighted by Crippen LogP contribution is -2.48. The van der Waals surface area contributed by atoms with Gasteiger partial charge in [-0.1, -0.05) is 0 Å². The number of hydrogen-bond acceptors (Lipinski definition) is 2. The summed E-state index contributed by atoms with van der Waals surface area (Å²) >= 11 is 2.01. The zero-order valence-corrected chi connectivity index (χ0v) is 10.0. The van der Waals surface area contributed by atoms with Gasteiger partial charge in [-0.2, -0.15) is 0 Å². The fourth-order valence-corrected chi connectivity index (χ4v) is 1.98. The van der Waals surface area contributed by atoms with E-state index in [4.69, 9.17) is 0 Å². The molecule has 5 heteroatoms. The number of benzene rings is 1. The van der Waals surface area contributed by atoms with E-state index in [0.29, 0.717) is 18.8 Å². The molecule has 1 aliphatic heterocycles. The Kier molecular flexibility index (Phi) is 3.20. The maximum atomic E-state index is 13.0. The molecule has 0 aromatic heterocycles. The first-order valence-corrected chi connectivity index (χ1v) is 5.71. The molecule has 15 heavy (non-hydrogen) atoms. The summed E-state index contributed by atoms with van der Waals surface area (Å²) in [6.45, 7) is 1.41. The van der Waals surface area contributed by atoms with E-state index < -0.39 is 0 Å². The molecule has 2 rings (SSSR count). The summed E-state index contributed by atoms with van der Waals surface area (Å²) in [5.41, 5.74) is 0.524. The third-order valence-electron chi connectivity index (χ3n) is 2.28. The van der Waals surface area contributed by atoms with Crippen molar-refractivity contribution in [2.24, 2.45) is 5.92 Å². The Morgan fingerprint density at radius 2 is 2.20 bits per heavy atom. The van der Waals surface area contributed by atoms with Crippen molar-refractivity contribution in [3.63, 3.8) is 0 Å². The molecule has 1 aromatic rings. The van der Waals surface area contributed by atoms with Gasteiger partial charge in [0.2, 0.25) is 5.91 Å². The van der Waals surface area contributed by atoms with Crippen molar-refractivity contribution in [3.8, 4) is 0 Å². The van der Waals surface area contributed by atoms with Gasteiger partial charge in [0.15, 0.2) is 0 Å². The van der Waals surface area contributed by atoms with Gasteiger partial charge in [0.25, 0.3) is 0 Å². The van der Waals surface area contributed by atoms with Crippen LogP contribution in [0.1, 0.15) is 0 Å². The number of rotatable bonds is 2. The Balaban J connectivity index is 2.06. The Bertz CT molecular complexity index is 373. The van der Waals surface area contributed by atoms with Crippen LogP contribution in [0.25, 0.3) is 0 Å². The van der Waals surface area contributed by atoms with Crippen LogP contribution < -0.4 is 10.6 Å². The monoisotopic (exact) mass is 320 g/mol. The first kappa shape index (κ1) is 10.8. The predicted molar refractivity (Wildman–Crippen MR) is 64.1 cm³/mol. The van der Waals surface area contributed by atoms with Crippen LogP contribution in [0.4, 0.5) is 10.1 Å². The highest BCUT2D eigenvalue weighted by atomic mass is 127. The summed E-state index contributed by atoms with van der Waals surface area (Å²) in [5, 5.41) is 5.72. The van der Waals surface area contributed by atoms with Gasteiger partial charge in [0.05, 0.1) is 5.92 Å². The fourth-order valence-electron chi connectivity index (χ4n) is 1.34. The standard InChI is InChI=1S/C10H10FIN2O/c11-7-1-8(12)3-9(2-7)14-10(15)6-4-13-5-6/h1-3,6,13H,4-5H2,(H,14,15). The van der Waals surface area contributed by atoms with E-state index >= 15 is 0 Å². The van der Waals surface area contributed by atoms with Gasteiger partial charge in [-0.3, -0.25) is 4.79 Å². The van der Waals surface area contributed by atoms with E-state index in [2.05, 4.69) is 10.6 Å². The highest BCUT2D eigenvalue weighted by Gasteiger charge is 2.24. The Labute approximate surface area is 101 Å². The second-order valence-corrected chi connectivity index (χ2v) is 4.75. The van der Waals surface area contributed by atoms with E-state index in [1.165, 1.54) is 12.1 Å². The lowest BCUT2D eigenvalue weighted by Gasteiger charge is -2.25. The van der Waals surface area contributed by atoms with Crippen molar-refractivity contribution >= 4 is 34.2 Å². The van der Waals surface area contributed by atoms with Crippen LogP contribution in [0.3, 0.4) is 0 Å². The molecule has 0 aliphatic carbocycles. The van der Waals surface area contributed by atoms with E-state index in [-0.39, 0.29) is 17.6 Å². The van der Waals surface area contributed by atoms with Crippen molar-refractivity contribution in [3.05, 3.63) is 27.6 Å². The molecule has 1 heterocycles. The van der Waals surface area contributed by atoms with Crippen LogP contribution in [-0.2, 0) is 4.79 Å². The molecule has 0 atom stereocenters. The molecule has 1 saturated heterocycles. The van der Waals surface area contributed by atoms with Gasteiger partial charge >= 0.3 is 0 Å². The quantitative estimate of drug-likeness (QED) is 0.813. The van der Waals surface area contributed by atoms with Crippen LogP contribution in [0.5, 0.6) is 0 Å². The predicted octanol–water partition coefficient (Wildman–Crippen LogP) is 1.59. The van der Waals surface area contributed by atoms with Crippen LogP contribution >= 0.6 is 22.6 Å². The van der Waals surface area contributed by atoms with Crippen molar-refractivity contribution in [1.29, 1.82) is 0 Å². The van der Waals surface area contributed by atoms with E-state index in [0.717, 1.165) is 3.57 Å². The molecule has 3 nitrogen and oxygen atoms in total. The number of carbonyl (C=O) groups is 1. The van der Waals surface area contributed by atoms with Gasteiger partial charge in [-0.05, 0) is 40.8 Å². The zero-order valence-electron chi connectivity index (χ0n) is 7.89. The molecule has 0 spiro atoms.